The molecule has 2 aromatic rings. The summed E-state index contributed by atoms with van der Waals surface area (Å²) in [6.07, 6.45) is 8.29. The molecule has 0 fully saturated rings. The maximum absolute atomic E-state index is 6.27. The number of hydrogen-bond acceptors (Lipinski definition) is 2. The van der Waals surface area contributed by atoms with Gasteiger partial charge in [-0.05, 0) is 36.1 Å². The first-order chi connectivity index (χ1) is 9.20. The molecule has 0 spiro atoms. The summed E-state index contributed by atoms with van der Waals surface area (Å²) in [5.41, 5.74) is 2.13. The Labute approximate surface area is 122 Å². The number of aromatic nitrogens is 3. The van der Waals surface area contributed by atoms with Gasteiger partial charge in [-0.25, -0.2) is 9.67 Å². The zero-order valence-corrected chi connectivity index (χ0v) is 12.2. The molecule has 19 heavy (non-hydrogen) atoms. The monoisotopic (exact) mass is 295 g/mol. The van der Waals surface area contributed by atoms with Gasteiger partial charge in [0.1, 0.15) is 12.7 Å². The molecule has 0 saturated carbocycles. The molecular formula is C14H15Cl2N3. The van der Waals surface area contributed by atoms with Crippen molar-refractivity contribution in [3.63, 3.8) is 0 Å². The van der Waals surface area contributed by atoms with Crippen LogP contribution in [-0.2, 0) is 0 Å². The van der Waals surface area contributed by atoms with Crippen LogP contribution in [0, 0.1) is 0 Å². The van der Waals surface area contributed by atoms with E-state index in [1.165, 1.54) is 6.33 Å². The second-order valence-corrected chi connectivity index (χ2v) is 5.10. The molecule has 0 atom stereocenters. The molecule has 0 aliphatic rings. The lowest BCUT2D eigenvalue weighted by atomic mass is 10.0. The minimum Gasteiger partial charge on any atom is -0.228 e. The molecule has 1 heterocycles. The van der Waals surface area contributed by atoms with E-state index in [0.717, 1.165) is 30.4 Å². The summed E-state index contributed by atoms with van der Waals surface area (Å²) in [5.74, 6) is 0. The van der Waals surface area contributed by atoms with Gasteiger partial charge < -0.3 is 0 Å². The molecule has 0 unspecified atom stereocenters. The zero-order valence-electron chi connectivity index (χ0n) is 10.7. The predicted molar refractivity (Wildman–Crippen MR) is 80.2 cm³/mol. The van der Waals surface area contributed by atoms with Gasteiger partial charge in [0.05, 0.1) is 0 Å². The van der Waals surface area contributed by atoms with Crippen molar-refractivity contribution in [2.75, 3.05) is 0 Å². The number of rotatable bonds is 5. The van der Waals surface area contributed by atoms with Crippen molar-refractivity contribution in [3.05, 3.63) is 46.5 Å². The molecule has 1 aromatic heterocycles. The lowest BCUT2D eigenvalue weighted by Crippen LogP contribution is -1.93. The van der Waals surface area contributed by atoms with Gasteiger partial charge in [-0.3, -0.25) is 0 Å². The molecule has 0 N–H and O–H groups in total. The number of unbranched alkanes of at least 4 members (excludes halogenated alkanes) is 1. The topological polar surface area (TPSA) is 30.7 Å². The minimum absolute atomic E-state index is 0.643. The number of nitrogens with zero attached hydrogens (tertiary/aromatic N) is 3. The van der Waals surface area contributed by atoms with Crippen molar-refractivity contribution >= 4 is 35.0 Å². The Bertz CT molecular complexity index is 562. The van der Waals surface area contributed by atoms with E-state index in [1.807, 2.05) is 18.3 Å². The largest absolute Gasteiger partial charge is 0.228 e. The van der Waals surface area contributed by atoms with Crippen molar-refractivity contribution in [1.82, 2.24) is 14.8 Å². The molecule has 0 aliphatic heterocycles. The van der Waals surface area contributed by atoms with Crippen LogP contribution >= 0.6 is 23.2 Å². The fraction of sp³-hybridized carbons (Fsp3) is 0.286. The highest BCUT2D eigenvalue weighted by atomic mass is 35.5. The van der Waals surface area contributed by atoms with Crippen LogP contribution in [-0.4, -0.2) is 14.8 Å². The molecule has 3 nitrogen and oxygen atoms in total. The molecule has 1 aromatic carbocycles. The smallest absolute Gasteiger partial charge is 0.138 e. The second-order valence-electron chi connectivity index (χ2n) is 4.26. The van der Waals surface area contributed by atoms with Crippen molar-refractivity contribution < 1.29 is 0 Å². The van der Waals surface area contributed by atoms with Gasteiger partial charge in [0.2, 0.25) is 0 Å². The average molecular weight is 296 g/mol. The Morgan fingerprint density at radius 3 is 2.84 bits per heavy atom. The predicted octanol–water partition coefficient (Wildman–Crippen LogP) is 4.77. The molecule has 0 aliphatic carbocycles. The van der Waals surface area contributed by atoms with Crippen molar-refractivity contribution in [1.29, 1.82) is 0 Å². The summed E-state index contributed by atoms with van der Waals surface area (Å²) in [6.45, 7) is 2.16. The van der Waals surface area contributed by atoms with Crippen LogP contribution in [0.25, 0.3) is 11.8 Å². The molecule has 0 radical (unpaired) electrons. The number of halogens is 2. The quantitative estimate of drug-likeness (QED) is 0.795. The number of benzene rings is 1. The van der Waals surface area contributed by atoms with Gasteiger partial charge in [-0.2, -0.15) is 5.10 Å². The highest BCUT2D eigenvalue weighted by molar-refractivity contribution is 6.35. The standard InChI is InChI=1S/C14H15Cl2N3/c1-2-3-4-11(8-19-10-17-9-18-19)13-6-5-12(15)7-14(13)16/h5-10H,2-4H2,1H3. The van der Waals surface area contributed by atoms with Gasteiger partial charge in [0, 0.05) is 16.2 Å². The first-order valence-electron chi connectivity index (χ1n) is 6.21. The van der Waals surface area contributed by atoms with Gasteiger partial charge in [-0.15, -0.1) is 0 Å². The first-order valence-corrected chi connectivity index (χ1v) is 6.96. The highest BCUT2D eigenvalue weighted by Gasteiger charge is 2.07. The molecule has 0 amide bonds. The maximum atomic E-state index is 6.27. The van der Waals surface area contributed by atoms with E-state index >= 15 is 0 Å². The van der Waals surface area contributed by atoms with Gasteiger partial charge in [0.25, 0.3) is 0 Å². The van der Waals surface area contributed by atoms with E-state index in [2.05, 4.69) is 17.0 Å². The Hall–Kier alpha value is -1.32. The number of allylic oxidation sites excluding steroid dienone is 1. The summed E-state index contributed by atoms with van der Waals surface area (Å²) in [6, 6.07) is 5.56. The Kier molecular flexibility index (Phi) is 5.00. The summed E-state index contributed by atoms with van der Waals surface area (Å²) in [7, 11) is 0. The maximum Gasteiger partial charge on any atom is 0.138 e. The Balaban J connectivity index is 2.36. The van der Waals surface area contributed by atoms with Crippen LogP contribution in [0.15, 0.2) is 30.9 Å². The van der Waals surface area contributed by atoms with E-state index in [1.54, 1.807) is 17.1 Å². The summed E-state index contributed by atoms with van der Waals surface area (Å²) in [5, 5.41) is 5.40. The normalized spacial score (nSPS) is 11.8. The van der Waals surface area contributed by atoms with Gasteiger partial charge in [-0.1, -0.05) is 42.6 Å². The third kappa shape index (κ3) is 3.82. The molecule has 0 bridgehead atoms. The average Bonchev–Trinajstić information content (AvgIpc) is 2.88. The van der Waals surface area contributed by atoms with E-state index in [9.17, 15) is 0 Å². The lowest BCUT2D eigenvalue weighted by molar-refractivity contribution is 0.821. The molecule has 5 heteroatoms. The molecule has 2 rings (SSSR count). The van der Waals surface area contributed by atoms with Crippen LogP contribution in [0.1, 0.15) is 31.7 Å². The third-order valence-corrected chi connectivity index (χ3v) is 3.35. The van der Waals surface area contributed by atoms with Gasteiger partial charge >= 0.3 is 0 Å². The third-order valence-electron chi connectivity index (χ3n) is 2.80. The van der Waals surface area contributed by atoms with Crippen molar-refractivity contribution in [2.45, 2.75) is 26.2 Å². The van der Waals surface area contributed by atoms with Crippen LogP contribution < -0.4 is 0 Å². The minimum atomic E-state index is 0.643. The van der Waals surface area contributed by atoms with Crippen molar-refractivity contribution in [2.24, 2.45) is 0 Å². The Morgan fingerprint density at radius 2 is 2.21 bits per heavy atom. The Morgan fingerprint density at radius 1 is 1.37 bits per heavy atom. The van der Waals surface area contributed by atoms with Crippen molar-refractivity contribution in [3.8, 4) is 0 Å². The summed E-state index contributed by atoms with van der Waals surface area (Å²) in [4.78, 5) is 3.94. The van der Waals surface area contributed by atoms with E-state index in [4.69, 9.17) is 23.2 Å². The van der Waals surface area contributed by atoms with Gasteiger partial charge in [0.15, 0.2) is 0 Å². The van der Waals surface area contributed by atoms with Crippen LogP contribution in [0.4, 0.5) is 0 Å². The van der Waals surface area contributed by atoms with E-state index in [-0.39, 0.29) is 0 Å². The molecule has 100 valence electrons. The highest BCUT2D eigenvalue weighted by Crippen LogP contribution is 2.30. The second kappa shape index (κ2) is 6.73. The first kappa shape index (κ1) is 14.1. The van der Waals surface area contributed by atoms with E-state index < -0.39 is 0 Å². The van der Waals surface area contributed by atoms with Crippen LogP contribution in [0.5, 0.6) is 0 Å². The fourth-order valence-electron chi connectivity index (χ4n) is 1.83. The van der Waals surface area contributed by atoms with E-state index in [0.29, 0.717) is 10.0 Å². The molecular weight excluding hydrogens is 281 g/mol. The summed E-state index contributed by atoms with van der Waals surface area (Å²) >= 11 is 12.2. The van der Waals surface area contributed by atoms with Crippen LogP contribution in [0.2, 0.25) is 10.0 Å². The van der Waals surface area contributed by atoms with Crippen LogP contribution in [0.3, 0.4) is 0 Å². The SMILES string of the molecule is CCCCC(=Cn1cncn1)c1ccc(Cl)cc1Cl. The zero-order chi connectivity index (χ0) is 13.7. The lowest BCUT2D eigenvalue weighted by Gasteiger charge is -2.10. The molecule has 0 saturated heterocycles. The fourth-order valence-corrected chi connectivity index (χ4v) is 2.36. The summed E-state index contributed by atoms with van der Waals surface area (Å²) < 4.78 is 1.69. The number of hydrogen-bond donors (Lipinski definition) is 0.